The van der Waals surface area contributed by atoms with E-state index >= 15 is 0 Å². The summed E-state index contributed by atoms with van der Waals surface area (Å²) >= 11 is 0. The van der Waals surface area contributed by atoms with Crippen LogP contribution < -0.4 is 10.1 Å². The lowest BCUT2D eigenvalue weighted by atomic mass is 10.1. The van der Waals surface area contributed by atoms with Crippen LogP contribution in [0.4, 0.5) is 0 Å². The van der Waals surface area contributed by atoms with Gasteiger partial charge in [-0.15, -0.1) is 0 Å². The average molecular weight is 295 g/mol. The van der Waals surface area contributed by atoms with Crippen molar-refractivity contribution in [2.75, 3.05) is 13.7 Å². The van der Waals surface area contributed by atoms with Crippen LogP contribution in [-0.4, -0.2) is 42.7 Å². The molecule has 0 heterocycles. The highest BCUT2D eigenvalue weighted by atomic mass is 16.5. The molecule has 0 fully saturated rings. The molecule has 1 atom stereocenters. The van der Waals surface area contributed by atoms with E-state index < -0.39 is 30.5 Å². The minimum Gasteiger partial charge on any atom is -0.497 e. The molecule has 21 heavy (non-hydrogen) atoms. The van der Waals surface area contributed by atoms with Crippen molar-refractivity contribution in [3.63, 3.8) is 0 Å². The van der Waals surface area contributed by atoms with E-state index in [0.29, 0.717) is 5.75 Å². The van der Waals surface area contributed by atoms with E-state index in [1.165, 1.54) is 14.0 Å². The number of amides is 1. The lowest BCUT2D eigenvalue weighted by Gasteiger charge is -2.14. The smallest absolute Gasteiger partial charge is 0.326 e. The van der Waals surface area contributed by atoms with Crippen molar-refractivity contribution in [2.45, 2.75) is 19.4 Å². The van der Waals surface area contributed by atoms with Crippen LogP contribution in [0.1, 0.15) is 12.5 Å². The second-order valence-electron chi connectivity index (χ2n) is 4.29. The van der Waals surface area contributed by atoms with Crippen molar-refractivity contribution in [2.24, 2.45) is 0 Å². The highest BCUT2D eigenvalue weighted by molar-refractivity contribution is 5.85. The first kappa shape index (κ1) is 16.5. The predicted molar refractivity (Wildman–Crippen MR) is 72.9 cm³/mol. The summed E-state index contributed by atoms with van der Waals surface area (Å²) in [6.07, 6.45) is 0.116. The Morgan fingerprint density at radius 1 is 1.24 bits per heavy atom. The summed E-state index contributed by atoms with van der Waals surface area (Å²) < 4.78 is 9.51. The lowest BCUT2D eigenvalue weighted by Crippen LogP contribution is -2.44. The van der Waals surface area contributed by atoms with Gasteiger partial charge >= 0.3 is 11.9 Å². The Bertz CT molecular complexity index is 511. The van der Waals surface area contributed by atoms with E-state index in [1.54, 1.807) is 24.3 Å². The van der Waals surface area contributed by atoms with E-state index in [4.69, 9.17) is 9.84 Å². The lowest BCUT2D eigenvalue weighted by molar-refractivity contribution is -0.148. The largest absolute Gasteiger partial charge is 0.497 e. The third-order valence-corrected chi connectivity index (χ3v) is 2.64. The van der Waals surface area contributed by atoms with Crippen LogP contribution in [0.2, 0.25) is 0 Å². The molecule has 0 aliphatic carbocycles. The molecule has 7 nitrogen and oxygen atoms in total. The van der Waals surface area contributed by atoms with E-state index in [9.17, 15) is 14.4 Å². The molecule has 1 aromatic rings. The summed E-state index contributed by atoms with van der Waals surface area (Å²) in [5.41, 5.74) is 0.732. The molecular formula is C14H17NO6. The second kappa shape index (κ2) is 7.88. The molecule has 114 valence electrons. The van der Waals surface area contributed by atoms with Gasteiger partial charge in [0, 0.05) is 13.3 Å². The topological polar surface area (TPSA) is 102 Å². The summed E-state index contributed by atoms with van der Waals surface area (Å²) in [6.45, 7) is 0.668. The predicted octanol–water partition coefficient (Wildman–Crippen LogP) is 0.370. The maximum absolute atomic E-state index is 11.5. The number of carbonyl (C=O) groups excluding carboxylic acids is 2. The van der Waals surface area contributed by atoms with E-state index in [0.717, 1.165) is 5.56 Å². The molecule has 1 aromatic carbocycles. The van der Waals surface area contributed by atoms with Crippen molar-refractivity contribution in [1.29, 1.82) is 0 Å². The summed E-state index contributed by atoms with van der Waals surface area (Å²) in [6, 6.07) is 5.74. The molecule has 0 radical (unpaired) electrons. The number of nitrogens with one attached hydrogen (secondary N) is 1. The Morgan fingerprint density at radius 3 is 2.33 bits per heavy atom. The monoisotopic (exact) mass is 295 g/mol. The Hall–Kier alpha value is -2.57. The number of benzene rings is 1. The fourth-order valence-electron chi connectivity index (χ4n) is 1.60. The zero-order chi connectivity index (χ0) is 15.8. The minimum atomic E-state index is -1.16. The van der Waals surface area contributed by atoms with Gasteiger partial charge in [-0.3, -0.25) is 9.59 Å². The fraction of sp³-hybridized carbons (Fsp3) is 0.357. The van der Waals surface area contributed by atoms with Gasteiger partial charge in [-0.1, -0.05) is 12.1 Å². The number of carboxylic acid groups (broad SMARTS) is 1. The number of hydrogen-bond acceptors (Lipinski definition) is 5. The molecule has 0 aliphatic heterocycles. The Balaban J connectivity index is 2.62. The number of hydrogen-bond donors (Lipinski definition) is 2. The summed E-state index contributed by atoms with van der Waals surface area (Å²) in [4.78, 5) is 33.2. The minimum absolute atomic E-state index is 0.116. The van der Waals surface area contributed by atoms with E-state index in [2.05, 4.69) is 10.1 Å². The van der Waals surface area contributed by atoms with Crippen LogP contribution in [0.5, 0.6) is 5.75 Å². The van der Waals surface area contributed by atoms with Crippen molar-refractivity contribution in [1.82, 2.24) is 5.32 Å². The van der Waals surface area contributed by atoms with E-state index in [1.807, 2.05) is 0 Å². The number of esters is 1. The molecule has 0 unspecified atom stereocenters. The van der Waals surface area contributed by atoms with E-state index in [-0.39, 0.29) is 6.42 Å². The van der Waals surface area contributed by atoms with Crippen LogP contribution in [0.15, 0.2) is 24.3 Å². The van der Waals surface area contributed by atoms with Gasteiger partial charge in [-0.2, -0.15) is 0 Å². The molecule has 0 saturated heterocycles. The van der Waals surface area contributed by atoms with Crippen LogP contribution in [0.25, 0.3) is 0 Å². The summed E-state index contributed by atoms with van der Waals surface area (Å²) in [7, 11) is 1.53. The van der Waals surface area contributed by atoms with Crippen LogP contribution in [0, 0.1) is 0 Å². The van der Waals surface area contributed by atoms with Gasteiger partial charge in [0.1, 0.15) is 11.8 Å². The second-order valence-corrected chi connectivity index (χ2v) is 4.29. The third kappa shape index (κ3) is 5.94. The van der Waals surface area contributed by atoms with Gasteiger partial charge in [0.15, 0.2) is 6.61 Å². The molecular weight excluding hydrogens is 278 g/mol. The van der Waals surface area contributed by atoms with Crippen LogP contribution in [0.3, 0.4) is 0 Å². The Labute approximate surface area is 121 Å². The number of ether oxygens (including phenoxy) is 2. The Morgan fingerprint density at radius 2 is 1.86 bits per heavy atom. The van der Waals surface area contributed by atoms with Gasteiger partial charge in [0.05, 0.1) is 7.11 Å². The highest BCUT2D eigenvalue weighted by Crippen LogP contribution is 2.12. The number of rotatable bonds is 7. The van der Waals surface area contributed by atoms with Crippen LogP contribution in [-0.2, 0) is 25.5 Å². The molecule has 0 aliphatic rings. The van der Waals surface area contributed by atoms with Crippen LogP contribution >= 0.6 is 0 Å². The van der Waals surface area contributed by atoms with Gasteiger partial charge in [0.25, 0.3) is 5.91 Å². The summed E-state index contributed by atoms with van der Waals surface area (Å²) in [5.74, 6) is -1.77. The number of carboxylic acids is 1. The van der Waals surface area contributed by atoms with Gasteiger partial charge in [-0.25, -0.2) is 4.79 Å². The number of carbonyl (C=O) groups is 3. The van der Waals surface area contributed by atoms with Crippen molar-refractivity contribution in [3.05, 3.63) is 29.8 Å². The fourth-order valence-corrected chi connectivity index (χ4v) is 1.60. The molecule has 2 N–H and O–H groups in total. The van der Waals surface area contributed by atoms with Gasteiger partial charge < -0.3 is 19.9 Å². The van der Waals surface area contributed by atoms with Gasteiger partial charge in [0.2, 0.25) is 0 Å². The zero-order valence-electron chi connectivity index (χ0n) is 11.8. The zero-order valence-corrected chi connectivity index (χ0v) is 11.8. The molecule has 0 spiro atoms. The first-order valence-electron chi connectivity index (χ1n) is 6.21. The molecule has 7 heteroatoms. The highest BCUT2D eigenvalue weighted by Gasteiger charge is 2.20. The Kier molecular flexibility index (Phi) is 6.19. The first-order chi connectivity index (χ1) is 9.92. The average Bonchev–Trinajstić information content (AvgIpc) is 2.45. The molecule has 0 saturated carbocycles. The van der Waals surface area contributed by atoms with Crippen molar-refractivity contribution in [3.8, 4) is 5.75 Å². The third-order valence-electron chi connectivity index (χ3n) is 2.64. The number of aliphatic carboxylic acids is 1. The molecule has 1 amide bonds. The SMILES string of the molecule is COc1ccc(C[C@H](NC(=O)COC(C)=O)C(=O)O)cc1. The van der Waals surface area contributed by atoms with Crippen molar-refractivity contribution < 1.29 is 29.0 Å². The maximum Gasteiger partial charge on any atom is 0.326 e. The molecule has 0 bridgehead atoms. The normalized spacial score (nSPS) is 11.3. The summed E-state index contributed by atoms with van der Waals surface area (Å²) in [5, 5.41) is 11.4. The first-order valence-corrected chi connectivity index (χ1v) is 6.21. The quantitative estimate of drug-likeness (QED) is 0.705. The molecule has 0 aromatic heterocycles. The molecule has 1 rings (SSSR count). The van der Waals surface area contributed by atoms with Gasteiger partial charge in [-0.05, 0) is 17.7 Å². The maximum atomic E-state index is 11.5. The standard InChI is InChI=1S/C14H17NO6/c1-9(16)21-8-13(17)15-12(14(18)19)7-10-3-5-11(20-2)6-4-10/h3-6,12H,7-8H2,1-2H3,(H,15,17)(H,18,19)/t12-/m0/s1. The van der Waals surface area contributed by atoms with Crippen molar-refractivity contribution >= 4 is 17.8 Å². The number of methoxy groups -OCH3 is 1.